The molecule has 0 saturated carbocycles. The molecule has 0 aromatic carbocycles. The SMILES string of the molecule is CCC(CC)N(CC(C)C)C(=O)NC(CC(C)C)C(=O)O. The van der Waals surface area contributed by atoms with Crippen LogP contribution in [0.25, 0.3) is 0 Å². The number of urea groups is 1. The molecule has 0 radical (unpaired) electrons. The number of carbonyl (C=O) groups is 2. The lowest BCUT2D eigenvalue weighted by molar-refractivity contribution is -0.139. The molecule has 5 nitrogen and oxygen atoms in total. The van der Waals surface area contributed by atoms with Gasteiger partial charge in [-0.2, -0.15) is 0 Å². The molecule has 2 N–H and O–H groups in total. The van der Waals surface area contributed by atoms with E-state index in [0.717, 1.165) is 12.8 Å². The summed E-state index contributed by atoms with van der Waals surface area (Å²) in [6.07, 6.45) is 2.19. The summed E-state index contributed by atoms with van der Waals surface area (Å²) in [4.78, 5) is 25.6. The highest BCUT2D eigenvalue weighted by Gasteiger charge is 2.27. The van der Waals surface area contributed by atoms with E-state index < -0.39 is 12.0 Å². The third-order valence-corrected chi connectivity index (χ3v) is 3.51. The summed E-state index contributed by atoms with van der Waals surface area (Å²) in [6, 6.07) is -0.923. The molecule has 2 amide bonds. The summed E-state index contributed by atoms with van der Waals surface area (Å²) in [5.74, 6) is -0.395. The van der Waals surface area contributed by atoms with E-state index >= 15 is 0 Å². The average Bonchev–Trinajstić information content (AvgIpc) is 2.36. The molecule has 0 spiro atoms. The zero-order valence-corrected chi connectivity index (χ0v) is 14.3. The van der Waals surface area contributed by atoms with Gasteiger partial charge in [-0.15, -0.1) is 0 Å². The van der Waals surface area contributed by atoms with Crippen LogP contribution >= 0.6 is 0 Å². The molecule has 0 rings (SSSR count). The van der Waals surface area contributed by atoms with Gasteiger partial charge in [0.25, 0.3) is 0 Å². The van der Waals surface area contributed by atoms with Crippen molar-refractivity contribution in [2.75, 3.05) is 6.54 Å². The minimum atomic E-state index is -0.967. The van der Waals surface area contributed by atoms with Crippen LogP contribution in [0.5, 0.6) is 0 Å². The van der Waals surface area contributed by atoms with Crippen molar-refractivity contribution in [2.24, 2.45) is 11.8 Å². The maximum absolute atomic E-state index is 12.5. The fourth-order valence-corrected chi connectivity index (χ4v) is 2.45. The Morgan fingerprint density at radius 1 is 1.05 bits per heavy atom. The number of hydrogen-bond acceptors (Lipinski definition) is 2. The molecule has 1 atom stereocenters. The summed E-state index contributed by atoms with van der Waals surface area (Å²) in [7, 11) is 0. The van der Waals surface area contributed by atoms with E-state index in [9.17, 15) is 14.7 Å². The van der Waals surface area contributed by atoms with Gasteiger partial charge >= 0.3 is 12.0 Å². The van der Waals surface area contributed by atoms with Gasteiger partial charge in [-0.25, -0.2) is 9.59 Å². The Hall–Kier alpha value is -1.26. The summed E-state index contributed by atoms with van der Waals surface area (Å²) < 4.78 is 0. The number of carboxylic acid groups (broad SMARTS) is 1. The number of hydrogen-bond donors (Lipinski definition) is 2. The van der Waals surface area contributed by atoms with Gasteiger partial charge in [0.05, 0.1) is 0 Å². The highest BCUT2D eigenvalue weighted by Crippen LogP contribution is 2.13. The van der Waals surface area contributed by atoms with E-state index in [1.165, 1.54) is 0 Å². The van der Waals surface area contributed by atoms with Crippen LogP contribution < -0.4 is 5.32 Å². The predicted octanol–water partition coefficient (Wildman–Crippen LogP) is 3.34. The lowest BCUT2D eigenvalue weighted by atomic mass is 10.0. The van der Waals surface area contributed by atoms with Gasteiger partial charge in [0.15, 0.2) is 0 Å². The van der Waals surface area contributed by atoms with Crippen molar-refractivity contribution in [1.82, 2.24) is 10.2 Å². The van der Waals surface area contributed by atoms with Gasteiger partial charge in [0.2, 0.25) is 0 Å². The molecular formula is C16H32N2O3. The number of aliphatic carboxylic acids is 1. The van der Waals surface area contributed by atoms with Crippen molar-refractivity contribution in [3.63, 3.8) is 0 Å². The summed E-state index contributed by atoms with van der Waals surface area (Å²) in [5.41, 5.74) is 0. The van der Waals surface area contributed by atoms with Crippen molar-refractivity contribution < 1.29 is 14.7 Å². The van der Waals surface area contributed by atoms with Gasteiger partial charge in [-0.05, 0) is 31.1 Å². The lowest BCUT2D eigenvalue weighted by Gasteiger charge is -2.33. The Morgan fingerprint density at radius 2 is 1.57 bits per heavy atom. The molecule has 0 heterocycles. The quantitative estimate of drug-likeness (QED) is 0.686. The minimum Gasteiger partial charge on any atom is -0.480 e. The summed E-state index contributed by atoms with van der Waals surface area (Å²) in [6.45, 7) is 12.8. The van der Waals surface area contributed by atoms with Crippen LogP contribution in [0.15, 0.2) is 0 Å². The third-order valence-electron chi connectivity index (χ3n) is 3.51. The molecule has 0 aliphatic rings. The second-order valence-electron chi connectivity index (χ2n) is 6.49. The number of amides is 2. The predicted molar refractivity (Wildman–Crippen MR) is 85.3 cm³/mol. The Labute approximate surface area is 129 Å². The van der Waals surface area contributed by atoms with E-state index in [-0.39, 0.29) is 18.0 Å². The Bertz CT molecular complexity index is 325. The number of carbonyl (C=O) groups excluding carboxylic acids is 1. The first-order valence-corrected chi connectivity index (χ1v) is 8.02. The third kappa shape index (κ3) is 7.34. The maximum atomic E-state index is 12.5. The van der Waals surface area contributed by atoms with Gasteiger partial charge < -0.3 is 15.3 Å². The molecule has 0 aliphatic heterocycles. The minimum absolute atomic E-state index is 0.154. The Kier molecular flexibility index (Phi) is 9.06. The highest BCUT2D eigenvalue weighted by atomic mass is 16.4. The molecule has 0 bridgehead atoms. The topological polar surface area (TPSA) is 69.6 Å². The standard InChI is InChI=1S/C16H32N2O3/c1-7-13(8-2)18(10-12(5)6)16(21)17-14(15(19)20)9-11(3)4/h11-14H,7-10H2,1-6H3,(H,17,21)(H,19,20). The van der Waals surface area contributed by atoms with Gasteiger partial charge in [0, 0.05) is 12.6 Å². The smallest absolute Gasteiger partial charge is 0.326 e. The number of carboxylic acids is 1. The van der Waals surface area contributed by atoms with Gasteiger partial charge in [-0.3, -0.25) is 0 Å². The van der Waals surface area contributed by atoms with Crippen LogP contribution in [0.4, 0.5) is 4.79 Å². The van der Waals surface area contributed by atoms with E-state index in [1.807, 2.05) is 13.8 Å². The average molecular weight is 300 g/mol. The lowest BCUT2D eigenvalue weighted by Crippen LogP contribution is -2.52. The molecule has 1 unspecified atom stereocenters. The van der Waals surface area contributed by atoms with Gasteiger partial charge in [0.1, 0.15) is 6.04 Å². The van der Waals surface area contributed by atoms with Gasteiger partial charge in [-0.1, -0.05) is 41.5 Å². The molecule has 124 valence electrons. The molecule has 0 saturated heterocycles. The van der Waals surface area contributed by atoms with Crippen molar-refractivity contribution in [3.8, 4) is 0 Å². The highest BCUT2D eigenvalue weighted by molar-refractivity contribution is 5.82. The van der Waals surface area contributed by atoms with E-state index in [2.05, 4.69) is 33.0 Å². The zero-order chi connectivity index (χ0) is 16.6. The van der Waals surface area contributed by atoms with Crippen molar-refractivity contribution in [2.45, 2.75) is 72.9 Å². The molecule has 21 heavy (non-hydrogen) atoms. The zero-order valence-electron chi connectivity index (χ0n) is 14.3. The summed E-state index contributed by atoms with van der Waals surface area (Å²) >= 11 is 0. The van der Waals surface area contributed by atoms with Crippen LogP contribution in [0.1, 0.15) is 60.8 Å². The number of rotatable bonds is 9. The first-order valence-electron chi connectivity index (χ1n) is 8.02. The normalized spacial score (nSPS) is 12.8. The molecular weight excluding hydrogens is 268 g/mol. The van der Waals surface area contributed by atoms with Crippen LogP contribution in [0.3, 0.4) is 0 Å². The fourth-order valence-electron chi connectivity index (χ4n) is 2.45. The second-order valence-corrected chi connectivity index (χ2v) is 6.49. The second kappa shape index (κ2) is 9.64. The van der Waals surface area contributed by atoms with Crippen molar-refractivity contribution >= 4 is 12.0 Å². The molecule has 5 heteroatoms. The maximum Gasteiger partial charge on any atom is 0.326 e. The first kappa shape index (κ1) is 19.7. The number of nitrogens with one attached hydrogen (secondary N) is 1. The molecule has 0 aromatic heterocycles. The van der Waals surface area contributed by atoms with Crippen LogP contribution in [-0.4, -0.2) is 40.6 Å². The Morgan fingerprint density at radius 3 is 1.90 bits per heavy atom. The molecule has 0 aromatic rings. The van der Waals surface area contributed by atoms with Crippen LogP contribution in [-0.2, 0) is 4.79 Å². The Balaban J connectivity index is 4.96. The van der Waals surface area contributed by atoms with Crippen LogP contribution in [0, 0.1) is 11.8 Å². The molecule has 0 fully saturated rings. The van der Waals surface area contributed by atoms with E-state index in [0.29, 0.717) is 18.9 Å². The first-order chi connectivity index (χ1) is 9.72. The molecule has 0 aliphatic carbocycles. The monoisotopic (exact) mass is 300 g/mol. The fraction of sp³-hybridized carbons (Fsp3) is 0.875. The number of nitrogens with zero attached hydrogens (tertiary/aromatic N) is 1. The van der Waals surface area contributed by atoms with E-state index in [4.69, 9.17) is 0 Å². The van der Waals surface area contributed by atoms with E-state index in [1.54, 1.807) is 4.90 Å². The van der Waals surface area contributed by atoms with Crippen molar-refractivity contribution in [1.29, 1.82) is 0 Å². The van der Waals surface area contributed by atoms with Crippen molar-refractivity contribution in [3.05, 3.63) is 0 Å². The largest absolute Gasteiger partial charge is 0.480 e. The summed E-state index contributed by atoms with van der Waals surface area (Å²) in [5, 5.41) is 11.9. The van der Waals surface area contributed by atoms with Crippen LogP contribution in [0.2, 0.25) is 0 Å².